The maximum atomic E-state index is 11.8. The lowest BCUT2D eigenvalue weighted by molar-refractivity contribution is -0.142. The lowest BCUT2D eigenvalue weighted by atomic mass is 10.0. The molecule has 0 aliphatic heterocycles. The van der Waals surface area contributed by atoms with Crippen molar-refractivity contribution in [2.24, 2.45) is 0 Å². The molecule has 3 nitrogen and oxygen atoms in total. The number of carbonyl (C=O) groups excluding carboxylic acids is 2. The van der Waals surface area contributed by atoms with Crippen LogP contribution >= 0.6 is 0 Å². The van der Waals surface area contributed by atoms with Crippen molar-refractivity contribution in [1.82, 2.24) is 0 Å². The highest BCUT2D eigenvalue weighted by molar-refractivity contribution is 6.10. The van der Waals surface area contributed by atoms with Crippen LogP contribution in [-0.2, 0) is 9.53 Å². The lowest BCUT2D eigenvalue weighted by Crippen LogP contribution is -2.10. The number of ketones is 1. The molecule has 0 saturated carbocycles. The van der Waals surface area contributed by atoms with E-state index in [-0.39, 0.29) is 17.8 Å². The van der Waals surface area contributed by atoms with Gasteiger partial charge in [-0.3, -0.25) is 9.59 Å². The molecule has 0 aromatic heterocycles. The molecule has 16 heavy (non-hydrogen) atoms. The zero-order valence-electron chi connectivity index (χ0n) is 9.23. The van der Waals surface area contributed by atoms with Crippen molar-refractivity contribution in [3.8, 4) is 0 Å². The molecule has 0 saturated heterocycles. The van der Waals surface area contributed by atoms with Crippen molar-refractivity contribution in [3.05, 3.63) is 48.0 Å². The number of hydrogen-bond acceptors (Lipinski definition) is 3. The van der Waals surface area contributed by atoms with Gasteiger partial charge in [-0.15, -0.1) is 0 Å². The number of ether oxygens (including phenoxy) is 1. The Labute approximate surface area is 94.7 Å². The minimum atomic E-state index is -0.420. The van der Waals surface area contributed by atoms with Crippen LogP contribution in [0.4, 0.5) is 0 Å². The first-order valence-electron chi connectivity index (χ1n) is 5.08. The number of carbonyl (C=O) groups is 2. The fraction of sp³-hybridized carbons (Fsp3) is 0.231. The Morgan fingerprint density at radius 3 is 2.44 bits per heavy atom. The van der Waals surface area contributed by atoms with Gasteiger partial charge in [-0.05, 0) is 6.92 Å². The van der Waals surface area contributed by atoms with E-state index < -0.39 is 5.97 Å². The Morgan fingerprint density at radius 2 is 1.88 bits per heavy atom. The van der Waals surface area contributed by atoms with Crippen LogP contribution in [-0.4, -0.2) is 18.4 Å². The van der Waals surface area contributed by atoms with Crippen LogP contribution in [0.25, 0.3) is 0 Å². The molecule has 0 aliphatic carbocycles. The molecule has 0 spiro atoms. The minimum absolute atomic E-state index is 0.0540. The van der Waals surface area contributed by atoms with Crippen LogP contribution in [0.2, 0.25) is 0 Å². The number of hydrogen-bond donors (Lipinski definition) is 0. The highest BCUT2D eigenvalue weighted by Gasteiger charge is 2.13. The molecule has 0 fully saturated rings. The molecule has 3 heteroatoms. The predicted octanol–water partition coefficient (Wildman–Crippen LogP) is 2.38. The lowest BCUT2D eigenvalue weighted by Gasteiger charge is -2.04. The van der Waals surface area contributed by atoms with E-state index in [1.54, 1.807) is 31.2 Å². The molecule has 1 rings (SSSR count). The average molecular weight is 218 g/mol. The standard InChI is InChI=1S/C13H14O3/c1-3-16-12(14)9-10(2)13(15)11-7-5-4-6-8-11/h4-8H,2-3,9H2,1H3. The first-order chi connectivity index (χ1) is 7.65. The summed E-state index contributed by atoms with van der Waals surface area (Å²) < 4.78 is 4.75. The van der Waals surface area contributed by atoms with E-state index in [1.165, 1.54) is 0 Å². The van der Waals surface area contributed by atoms with Crippen molar-refractivity contribution in [2.75, 3.05) is 6.61 Å². The highest BCUT2D eigenvalue weighted by atomic mass is 16.5. The second kappa shape index (κ2) is 5.85. The van der Waals surface area contributed by atoms with Gasteiger partial charge in [0.15, 0.2) is 5.78 Å². The molecule has 1 aromatic carbocycles. The van der Waals surface area contributed by atoms with Gasteiger partial charge in [0.25, 0.3) is 0 Å². The van der Waals surface area contributed by atoms with Gasteiger partial charge >= 0.3 is 5.97 Å². The average Bonchev–Trinajstić information content (AvgIpc) is 2.29. The largest absolute Gasteiger partial charge is 0.466 e. The highest BCUT2D eigenvalue weighted by Crippen LogP contribution is 2.10. The van der Waals surface area contributed by atoms with Crippen molar-refractivity contribution < 1.29 is 14.3 Å². The van der Waals surface area contributed by atoms with Crippen LogP contribution in [0.15, 0.2) is 42.5 Å². The molecule has 0 aliphatic rings. The molecule has 0 N–H and O–H groups in total. The summed E-state index contributed by atoms with van der Waals surface area (Å²) in [5, 5.41) is 0. The number of Topliss-reactive ketones (excluding diaryl/α,β-unsaturated/α-hetero) is 1. The van der Waals surface area contributed by atoms with Crippen LogP contribution < -0.4 is 0 Å². The Balaban J connectivity index is 2.62. The molecule has 0 radical (unpaired) electrons. The van der Waals surface area contributed by atoms with Crippen LogP contribution in [0.1, 0.15) is 23.7 Å². The van der Waals surface area contributed by atoms with Gasteiger partial charge in [-0.2, -0.15) is 0 Å². The van der Waals surface area contributed by atoms with Crippen molar-refractivity contribution >= 4 is 11.8 Å². The molecule has 0 amide bonds. The fourth-order valence-electron chi connectivity index (χ4n) is 1.26. The smallest absolute Gasteiger partial charge is 0.310 e. The van der Waals surface area contributed by atoms with Gasteiger partial charge in [-0.25, -0.2) is 0 Å². The number of benzene rings is 1. The van der Waals surface area contributed by atoms with Crippen LogP contribution in [0.5, 0.6) is 0 Å². The summed E-state index contributed by atoms with van der Waals surface area (Å²) in [5.74, 6) is -0.634. The SMILES string of the molecule is C=C(CC(=O)OCC)C(=O)c1ccccc1. The summed E-state index contributed by atoms with van der Waals surface area (Å²) in [6, 6.07) is 8.75. The maximum Gasteiger partial charge on any atom is 0.310 e. The Kier molecular flexibility index (Phi) is 4.45. The topological polar surface area (TPSA) is 43.4 Å². The molecule has 84 valence electrons. The number of rotatable bonds is 5. The van der Waals surface area contributed by atoms with E-state index in [4.69, 9.17) is 4.74 Å². The van der Waals surface area contributed by atoms with Crippen molar-refractivity contribution in [3.63, 3.8) is 0 Å². The molecular formula is C13H14O3. The third-order valence-electron chi connectivity index (χ3n) is 2.02. The summed E-state index contributed by atoms with van der Waals surface area (Å²) in [5.41, 5.74) is 0.793. The van der Waals surface area contributed by atoms with Crippen LogP contribution in [0.3, 0.4) is 0 Å². The van der Waals surface area contributed by atoms with Gasteiger partial charge in [-0.1, -0.05) is 36.9 Å². The summed E-state index contributed by atoms with van der Waals surface area (Å²) in [6.45, 7) is 5.64. The molecular weight excluding hydrogens is 204 g/mol. The minimum Gasteiger partial charge on any atom is -0.466 e. The molecule has 0 heterocycles. The third kappa shape index (κ3) is 3.35. The fourth-order valence-corrected chi connectivity index (χ4v) is 1.26. The summed E-state index contributed by atoms with van der Waals surface area (Å²) >= 11 is 0. The maximum absolute atomic E-state index is 11.8. The van der Waals surface area contributed by atoms with Crippen molar-refractivity contribution in [1.29, 1.82) is 0 Å². The third-order valence-corrected chi connectivity index (χ3v) is 2.02. The molecule has 0 unspecified atom stereocenters. The van der Waals surface area contributed by atoms with Gasteiger partial charge in [0.1, 0.15) is 0 Å². The summed E-state index contributed by atoms with van der Waals surface area (Å²) in [7, 11) is 0. The monoisotopic (exact) mass is 218 g/mol. The summed E-state index contributed by atoms with van der Waals surface area (Å²) in [6.07, 6.45) is -0.0540. The van der Waals surface area contributed by atoms with Gasteiger partial charge < -0.3 is 4.74 Å². The Bertz CT molecular complexity index is 393. The molecule has 0 bridgehead atoms. The summed E-state index contributed by atoms with van der Waals surface area (Å²) in [4.78, 5) is 22.9. The van der Waals surface area contributed by atoms with Gasteiger partial charge in [0.2, 0.25) is 0 Å². The van der Waals surface area contributed by atoms with E-state index in [9.17, 15) is 9.59 Å². The van der Waals surface area contributed by atoms with Gasteiger partial charge in [0.05, 0.1) is 13.0 Å². The van der Waals surface area contributed by atoms with Crippen molar-refractivity contribution in [2.45, 2.75) is 13.3 Å². The zero-order chi connectivity index (χ0) is 12.0. The Morgan fingerprint density at radius 1 is 1.25 bits per heavy atom. The predicted molar refractivity (Wildman–Crippen MR) is 61.2 cm³/mol. The first-order valence-corrected chi connectivity index (χ1v) is 5.08. The second-order valence-corrected chi connectivity index (χ2v) is 3.28. The van der Waals surface area contributed by atoms with Gasteiger partial charge in [0, 0.05) is 11.1 Å². The quantitative estimate of drug-likeness (QED) is 0.433. The second-order valence-electron chi connectivity index (χ2n) is 3.28. The van der Waals surface area contributed by atoms with E-state index >= 15 is 0 Å². The van der Waals surface area contributed by atoms with E-state index in [0.29, 0.717) is 12.2 Å². The number of esters is 1. The van der Waals surface area contributed by atoms with Crippen LogP contribution in [0, 0.1) is 0 Å². The molecule has 0 atom stereocenters. The van der Waals surface area contributed by atoms with E-state index in [1.807, 2.05) is 6.07 Å². The Hall–Kier alpha value is -1.90. The zero-order valence-corrected chi connectivity index (χ0v) is 9.23. The first kappa shape index (κ1) is 12.2. The normalized spacial score (nSPS) is 9.56. The van der Waals surface area contributed by atoms with E-state index in [0.717, 1.165) is 0 Å². The molecule has 1 aromatic rings. The van der Waals surface area contributed by atoms with E-state index in [2.05, 4.69) is 6.58 Å².